The molecule has 0 aliphatic heterocycles. The van der Waals surface area contributed by atoms with Crippen molar-refractivity contribution in [3.05, 3.63) is 0 Å². The van der Waals surface area contributed by atoms with Crippen LogP contribution in [0.15, 0.2) is 0 Å². The zero-order valence-corrected chi connectivity index (χ0v) is 8.42. The molecule has 5 heteroatoms. The summed E-state index contributed by atoms with van der Waals surface area (Å²) in [4.78, 5) is 11.0. The van der Waals surface area contributed by atoms with Crippen molar-refractivity contribution < 1.29 is 4.79 Å². The molecule has 0 rings (SSSR count). The maximum atomic E-state index is 11.0. The number of nitrogens with one attached hydrogen (secondary N) is 3. The van der Waals surface area contributed by atoms with E-state index in [9.17, 15) is 4.79 Å². The van der Waals surface area contributed by atoms with Gasteiger partial charge < -0.3 is 16.0 Å². The number of rotatable bonds is 3. The average molecular weight is 189 g/mol. The van der Waals surface area contributed by atoms with Gasteiger partial charge in [0.15, 0.2) is 5.11 Å². The van der Waals surface area contributed by atoms with Gasteiger partial charge in [-0.15, -0.1) is 0 Å². The molecule has 70 valence electrons. The maximum Gasteiger partial charge on any atom is 0.242 e. The molecule has 0 aromatic carbocycles. The highest BCUT2D eigenvalue weighted by molar-refractivity contribution is 7.80. The van der Waals surface area contributed by atoms with Crippen LogP contribution in [-0.2, 0) is 4.79 Å². The van der Waals surface area contributed by atoms with Crippen LogP contribution < -0.4 is 16.0 Å². The van der Waals surface area contributed by atoms with Crippen molar-refractivity contribution >= 4 is 23.2 Å². The van der Waals surface area contributed by atoms with Crippen molar-refractivity contribution in [1.82, 2.24) is 16.0 Å². The monoisotopic (exact) mass is 189 g/mol. The van der Waals surface area contributed by atoms with Crippen molar-refractivity contribution in [3.63, 3.8) is 0 Å². The van der Waals surface area contributed by atoms with Crippen molar-refractivity contribution in [1.29, 1.82) is 0 Å². The van der Waals surface area contributed by atoms with Crippen molar-refractivity contribution in [2.45, 2.75) is 19.9 Å². The van der Waals surface area contributed by atoms with Gasteiger partial charge in [-0.05, 0) is 26.1 Å². The lowest BCUT2D eigenvalue weighted by molar-refractivity contribution is -0.121. The first-order valence-electron chi connectivity index (χ1n) is 3.87. The molecule has 4 nitrogen and oxygen atoms in total. The molecule has 0 spiro atoms. The van der Waals surface area contributed by atoms with E-state index in [2.05, 4.69) is 16.0 Å². The summed E-state index contributed by atoms with van der Waals surface area (Å²) in [5, 5.41) is 8.77. The van der Waals surface area contributed by atoms with Gasteiger partial charge in [-0.25, -0.2) is 0 Å². The number of amides is 1. The lowest BCUT2D eigenvalue weighted by Crippen LogP contribution is -2.47. The van der Waals surface area contributed by atoms with E-state index >= 15 is 0 Å². The van der Waals surface area contributed by atoms with Gasteiger partial charge in [-0.3, -0.25) is 4.79 Å². The molecule has 1 atom stereocenters. The van der Waals surface area contributed by atoms with E-state index in [1.807, 2.05) is 6.92 Å². The molecule has 0 aromatic rings. The Morgan fingerprint density at radius 3 is 2.58 bits per heavy atom. The molecule has 1 amide bonds. The second-order valence-electron chi connectivity index (χ2n) is 2.34. The van der Waals surface area contributed by atoms with Crippen LogP contribution in [0.3, 0.4) is 0 Å². The summed E-state index contributed by atoms with van der Waals surface area (Å²) in [6, 6.07) is -0.290. The second kappa shape index (κ2) is 5.77. The predicted molar refractivity (Wildman–Crippen MR) is 52.9 cm³/mol. The van der Waals surface area contributed by atoms with Gasteiger partial charge in [-0.2, -0.15) is 0 Å². The molecule has 0 fully saturated rings. The smallest absolute Gasteiger partial charge is 0.242 e. The molecule has 0 radical (unpaired) electrons. The quantitative estimate of drug-likeness (QED) is 0.529. The molecule has 0 saturated heterocycles. The predicted octanol–water partition coefficient (Wildman–Crippen LogP) is -0.395. The first-order chi connectivity index (χ1) is 5.61. The zero-order valence-electron chi connectivity index (χ0n) is 7.60. The fourth-order valence-corrected chi connectivity index (χ4v) is 1.01. The summed E-state index contributed by atoms with van der Waals surface area (Å²) in [5.74, 6) is -0.0738. The van der Waals surface area contributed by atoms with E-state index < -0.39 is 0 Å². The molecule has 3 N–H and O–H groups in total. The molecule has 0 heterocycles. The molecule has 0 saturated carbocycles. The topological polar surface area (TPSA) is 53.2 Å². The summed E-state index contributed by atoms with van der Waals surface area (Å²) in [5.41, 5.74) is 0. The van der Waals surface area contributed by atoms with Gasteiger partial charge in [0, 0.05) is 13.6 Å². The van der Waals surface area contributed by atoms with Crippen LogP contribution in [0.25, 0.3) is 0 Å². The zero-order chi connectivity index (χ0) is 9.56. The lowest BCUT2D eigenvalue weighted by Gasteiger charge is -2.14. The average Bonchev–Trinajstić information content (AvgIpc) is 2.03. The Labute approximate surface area is 78.1 Å². The third kappa shape index (κ3) is 4.12. The fourth-order valence-electron chi connectivity index (χ4n) is 0.690. The van der Waals surface area contributed by atoms with Crippen LogP contribution >= 0.6 is 12.2 Å². The minimum absolute atomic E-state index is 0.0738. The van der Waals surface area contributed by atoms with Gasteiger partial charge in [0.1, 0.15) is 6.04 Å². The van der Waals surface area contributed by atoms with E-state index in [1.54, 1.807) is 14.0 Å². The first-order valence-corrected chi connectivity index (χ1v) is 4.28. The third-order valence-corrected chi connectivity index (χ3v) is 1.59. The Balaban J connectivity index is 3.75. The Morgan fingerprint density at radius 2 is 2.17 bits per heavy atom. The second-order valence-corrected chi connectivity index (χ2v) is 2.75. The van der Waals surface area contributed by atoms with Crippen LogP contribution in [-0.4, -0.2) is 30.7 Å². The molecular weight excluding hydrogens is 174 g/mol. The van der Waals surface area contributed by atoms with Crippen molar-refractivity contribution in [2.75, 3.05) is 13.6 Å². The minimum Gasteiger partial charge on any atom is -0.363 e. The van der Waals surface area contributed by atoms with E-state index in [-0.39, 0.29) is 11.9 Å². The highest BCUT2D eigenvalue weighted by Crippen LogP contribution is 1.80. The van der Waals surface area contributed by atoms with Gasteiger partial charge >= 0.3 is 0 Å². The highest BCUT2D eigenvalue weighted by atomic mass is 32.1. The molecule has 0 aliphatic rings. The molecule has 0 aliphatic carbocycles. The molecule has 0 bridgehead atoms. The normalized spacial score (nSPS) is 11.6. The summed E-state index contributed by atoms with van der Waals surface area (Å²) in [7, 11) is 1.59. The Bertz CT molecular complexity index is 172. The van der Waals surface area contributed by atoms with E-state index in [0.29, 0.717) is 5.11 Å². The Kier molecular flexibility index (Phi) is 5.36. The molecule has 0 aromatic heterocycles. The Morgan fingerprint density at radius 1 is 1.58 bits per heavy atom. The Hall–Kier alpha value is -0.840. The number of carbonyl (C=O) groups is 1. The van der Waals surface area contributed by atoms with Crippen LogP contribution in [0.5, 0.6) is 0 Å². The summed E-state index contributed by atoms with van der Waals surface area (Å²) in [6.45, 7) is 4.45. The number of thiocarbonyl (C=S) groups is 1. The van der Waals surface area contributed by atoms with E-state index in [0.717, 1.165) is 6.54 Å². The van der Waals surface area contributed by atoms with Crippen LogP contribution in [0.4, 0.5) is 0 Å². The first kappa shape index (κ1) is 11.2. The summed E-state index contributed by atoms with van der Waals surface area (Å²) < 4.78 is 0. The third-order valence-electron chi connectivity index (χ3n) is 1.32. The van der Waals surface area contributed by atoms with Crippen LogP contribution in [0, 0.1) is 0 Å². The van der Waals surface area contributed by atoms with Gasteiger partial charge in [0.2, 0.25) is 5.91 Å². The highest BCUT2D eigenvalue weighted by Gasteiger charge is 2.10. The van der Waals surface area contributed by atoms with E-state index in [1.165, 1.54) is 0 Å². The summed E-state index contributed by atoms with van der Waals surface area (Å²) >= 11 is 4.89. The van der Waals surface area contributed by atoms with Crippen LogP contribution in [0.1, 0.15) is 13.8 Å². The fraction of sp³-hybridized carbons (Fsp3) is 0.714. The van der Waals surface area contributed by atoms with Gasteiger partial charge in [0.25, 0.3) is 0 Å². The van der Waals surface area contributed by atoms with Crippen molar-refractivity contribution in [3.8, 4) is 0 Å². The lowest BCUT2D eigenvalue weighted by atomic mass is 10.3. The number of likely N-dealkylation sites (N-methyl/N-ethyl adjacent to an activating group) is 1. The number of hydrogen-bond acceptors (Lipinski definition) is 2. The SMILES string of the molecule is CCNC(=S)NC(C)C(=O)NC. The molecular formula is C7H15N3OS. The van der Waals surface area contributed by atoms with Gasteiger partial charge in [-0.1, -0.05) is 0 Å². The van der Waals surface area contributed by atoms with Gasteiger partial charge in [0.05, 0.1) is 0 Å². The van der Waals surface area contributed by atoms with E-state index in [4.69, 9.17) is 12.2 Å². The number of carbonyl (C=O) groups excluding carboxylic acids is 1. The van der Waals surface area contributed by atoms with Crippen LogP contribution in [0.2, 0.25) is 0 Å². The summed E-state index contributed by atoms with van der Waals surface area (Å²) in [6.07, 6.45) is 0. The van der Waals surface area contributed by atoms with Crippen molar-refractivity contribution in [2.24, 2.45) is 0 Å². The standard InChI is InChI=1S/C7H15N3OS/c1-4-9-7(12)10-5(2)6(11)8-3/h5H,4H2,1-3H3,(H,8,11)(H2,9,10,12). The maximum absolute atomic E-state index is 11.0. The molecule has 12 heavy (non-hydrogen) atoms. The largest absolute Gasteiger partial charge is 0.363 e. The number of hydrogen-bond donors (Lipinski definition) is 3. The molecule has 1 unspecified atom stereocenters. The minimum atomic E-state index is -0.290.